The Labute approximate surface area is 112 Å². The van der Waals surface area contributed by atoms with Crippen LogP contribution < -0.4 is 10.6 Å². The molecule has 0 bridgehead atoms. The first-order valence-corrected chi connectivity index (χ1v) is 6.99. The van der Waals surface area contributed by atoms with Gasteiger partial charge in [0, 0.05) is 13.2 Å². The minimum atomic E-state index is -1.06. The van der Waals surface area contributed by atoms with E-state index in [9.17, 15) is 14.7 Å². The maximum Gasteiger partial charge on any atom is 0.329 e. The number of nitrogens with one attached hydrogen (secondary N) is 2. The van der Waals surface area contributed by atoms with Crippen LogP contribution in [0, 0.1) is 5.92 Å². The van der Waals surface area contributed by atoms with E-state index in [0.29, 0.717) is 31.9 Å². The zero-order chi connectivity index (χ0) is 13.7. The largest absolute Gasteiger partial charge is 0.480 e. The van der Waals surface area contributed by atoms with E-state index in [-0.39, 0.29) is 6.03 Å². The van der Waals surface area contributed by atoms with Crippen LogP contribution in [0.5, 0.6) is 0 Å². The summed E-state index contributed by atoms with van der Waals surface area (Å²) in [6, 6.07) is -0.380. The van der Waals surface area contributed by atoms with Gasteiger partial charge in [0.25, 0.3) is 0 Å². The molecule has 0 aromatic heterocycles. The van der Waals surface area contributed by atoms with Crippen LogP contribution >= 0.6 is 0 Å². The molecule has 3 N–H and O–H groups in total. The Balaban J connectivity index is 1.78. The number of urea groups is 1. The van der Waals surface area contributed by atoms with E-state index in [4.69, 9.17) is 4.74 Å². The standard InChI is InChI=1S/C13H22N2O4/c16-11(17)13(5-1-2-6-13)15-12(18)14-8-10-4-3-7-19-9-10/h10H,1-9H2,(H,16,17)(H2,14,15,18). The van der Waals surface area contributed by atoms with E-state index in [0.717, 1.165) is 32.3 Å². The molecule has 1 saturated carbocycles. The molecular formula is C13H22N2O4. The van der Waals surface area contributed by atoms with Crippen LogP contribution in [0.3, 0.4) is 0 Å². The van der Waals surface area contributed by atoms with Crippen molar-refractivity contribution in [1.29, 1.82) is 0 Å². The molecule has 0 spiro atoms. The normalized spacial score (nSPS) is 25.8. The van der Waals surface area contributed by atoms with Gasteiger partial charge in [-0.15, -0.1) is 0 Å². The zero-order valence-corrected chi connectivity index (χ0v) is 11.1. The summed E-state index contributed by atoms with van der Waals surface area (Å²) in [5.74, 6) is -0.593. The van der Waals surface area contributed by atoms with Crippen molar-refractivity contribution < 1.29 is 19.4 Å². The molecule has 2 rings (SSSR count). The predicted molar refractivity (Wildman–Crippen MR) is 68.9 cm³/mol. The lowest BCUT2D eigenvalue weighted by Gasteiger charge is -2.27. The van der Waals surface area contributed by atoms with Gasteiger partial charge < -0.3 is 20.5 Å². The molecule has 2 aliphatic rings. The number of ether oxygens (including phenoxy) is 1. The monoisotopic (exact) mass is 270 g/mol. The lowest BCUT2D eigenvalue weighted by molar-refractivity contribution is -0.144. The molecule has 1 aliphatic heterocycles. The van der Waals surface area contributed by atoms with Gasteiger partial charge in [-0.3, -0.25) is 0 Å². The van der Waals surface area contributed by atoms with E-state index in [2.05, 4.69) is 10.6 Å². The number of amides is 2. The minimum Gasteiger partial charge on any atom is -0.480 e. The summed E-state index contributed by atoms with van der Waals surface area (Å²) in [5, 5.41) is 14.7. The first-order valence-electron chi connectivity index (χ1n) is 6.99. The van der Waals surface area contributed by atoms with Crippen molar-refractivity contribution >= 4 is 12.0 Å². The highest BCUT2D eigenvalue weighted by Gasteiger charge is 2.42. The second kappa shape index (κ2) is 6.23. The number of hydrogen-bond acceptors (Lipinski definition) is 3. The summed E-state index contributed by atoms with van der Waals surface area (Å²) >= 11 is 0. The lowest BCUT2D eigenvalue weighted by atomic mass is 9.98. The Bertz CT molecular complexity index is 334. The third-order valence-corrected chi connectivity index (χ3v) is 4.03. The van der Waals surface area contributed by atoms with Gasteiger partial charge in [-0.05, 0) is 31.6 Å². The van der Waals surface area contributed by atoms with Crippen molar-refractivity contribution in [3.63, 3.8) is 0 Å². The van der Waals surface area contributed by atoms with Crippen LogP contribution in [0.25, 0.3) is 0 Å². The van der Waals surface area contributed by atoms with Crippen LogP contribution in [0.15, 0.2) is 0 Å². The fourth-order valence-electron chi connectivity index (χ4n) is 2.84. The Morgan fingerprint density at radius 3 is 2.58 bits per heavy atom. The minimum absolute atomic E-state index is 0.337. The number of carboxylic acid groups (broad SMARTS) is 1. The molecule has 0 radical (unpaired) electrons. The summed E-state index contributed by atoms with van der Waals surface area (Å²) in [7, 11) is 0. The Kier molecular flexibility index (Phi) is 4.63. The lowest BCUT2D eigenvalue weighted by Crippen LogP contribution is -2.56. The van der Waals surface area contributed by atoms with E-state index in [1.165, 1.54) is 0 Å². The van der Waals surface area contributed by atoms with Gasteiger partial charge in [0.05, 0.1) is 6.61 Å². The average molecular weight is 270 g/mol. The van der Waals surface area contributed by atoms with Crippen LogP contribution in [-0.2, 0) is 9.53 Å². The van der Waals surface area contributed by atoms with Crippen LogP contribution in [-0.4, -0.2) is 42.4 Å². The Morgan fingerprint density at radius 2 is 2.00 bits per heavy atom. The van der Waals surface area contributed by atoms with E-state index in [1.807, 2.05) is 0 Å². The number of rotatable bonds is 4. The molecule has 1 aliphatic carbocycles. The number of carbonyl (C=O) groups is 2. The van der Waals surface area contributed by atoms with Gasteiger partial charge in [0.1, 0.15) is 5.54 Å². The van der Waals surface area contributed by atoms with Gasteiger partial charge in [-0.2, -0.15) is 0 Å². The molecule has 1 atom stereocenters. The number of carboxylic acids is 1. The van der Waals surface area contributed by atoms with Crippen LogP contribution in [0.4, 0.5) is 4.79 Å². The molecular weight excluding hydrogens is 248 g/mol. The predicted octanol–water partition coefficient (Wildman–Crippen LogP) is 1.11. The van der Waals surface area contributed by atoms with Crippen molar-refractivity contribution in [2.75, 3.05) is 19.8 Å². The summed E-state index contributed by atoms with van der Waals surface area (Å²) in [4.78, 5) is 23.1. The first-order chi connectivity index (χ1) is 9.12. The van der Waals surface area contributed by atoms with E-state index >= 15 is 0 Å². The summed E-state index contributed by atoms with van der Waals surface area (Å²) in [6.07, 6.45) is 4.80. The molecule has 108 valence electrons. The fraction of sp³-hybridized carbons (Fsp3) is 0.846. The molecule has 1 heterocycles. The summed E-state index contributed by atoms with van der Waals surface area (Å²) < 4.78 is 5.34. The molecule has 2 amide bonds. The average Bonchev–Trinajstić information content (AvgIpc) is 2.87. The van der Waals surface area contributed by atoms with Crippen LogP contribution in [0.1, 0.15) is 38.5 Å². The molecule has 6 nitrogen and oxygen atoms in total. The van der Waals surface area contributed by atoms with Gasteiger partial charge in [-0.25, -0.2) is 9.59 Å². The van der Waals surface area contributed by atoms with Crippen molar-refractivity contribution in [3.05, 3.63) is 0 Å². The first kappa shape index (κ1) is 14.1. The number of carbonyl (C=O) groups excluding carboxylic acids is 1. The molecule has 2 fully saturated rings. The van der Waals surface area contributed by atoms with Gasteiger partial charge in [0.2, 0.25) is 0 Å². The number of hydrogen-bond donors (Lipinski definition) is 3. The van der Waals surface area contributed by atoms with E-state index in [1.54, 1.807) is 0 Å². The molecule has 6 heteroatoms. The van der Waals surface area contributed by atoms with Gasteiger partial charge in [-0.1, -0.05) is 12.8 Å². The zero-order valence-electron chi connectivity index (χ0n) is 11.1. The molecule has 1 saturated heterocycles. The molecule has 19 heavy (non-hydrogen) atoms. The fourth-order valence-corrected chi connectivity index (χ4v) is 2.84. The van der Waals surface area contributed by atoms with E-state index < -0.39 is 11.5 Å². The van der Waals surface area contributed by atoms with Crippen molar-refractivity contribution in [2.24, 2.45) is 5.92 Å². The highest BCUT2D eigenvalue weighted by molar-refractivity contribution is 5.86. The smallest absolute Gasteiger partial charge is 0.329 e. The third kappa shape index (κ3) is 3.59. The highest BCUT2D eigenvalue weighted by Crippen LogP contribution is 2.29. The molecule has 1 unspecified atom stereocenters. The summed E-state index contributed by atoms with van der Waals surface area (Å²) in [5.41, 5.74) is -1.06. The third-order valence-electron chi connectivity index (χ3n) is 4.03. The molecule has 0 aromatic carbocycles. The quantitative estimate of drug-likeness (QED) is 0.714. The SMILES string of the molecule is O=C(NCC1CCCOC1)NC1(C(=O)O)CCCC1. The number of aliphatic carboxylic acids is 1. The topological polar surface area (TPSA) is 87.7 Å². The second-order valence-electron chi connectivity index (χ2n) is 5.51. The van der Waals surface area contributed by atoms with Crippen molar-refractivity contribution in [3.8, 4) is 0 Å². The summed E-state index contributed by atoms with van der Waals surface area (Å²) in [6.45, 7) is 2.01. The maximum atomic E-state index is 11.8. The molecule has 0 aromatic rings. The Hall–Kier alpha value is -1.30. The van der Waals surface area contributed by atoms with Crippen LogP contribution in [0.2, 0.25) is 0 Å². The Morgan fingerprint density at radius 1 is 1.26 bits per heavy atom. The van der Waals surface area contributed by atoms with Gasteiger partial charge in [0.15, 0.2) is 0 Å². The second-order valence-corrected chi connectivity index (χ2v) is 5.51. The van der Waals surface area contributed by atoms with Crippen molar-refractivity contribution in [1.82, 2.24) is 10.6 Å². The maximum absolute atomic E-state index is 11.8. The van der Waals surface area contributed by atoms with Crippen molar-refractivity contribution in [2.45, 2.75) is 44.1 Å². The van der Waals surface area contributed by atoms with Gasteiger partial charge >= 0.3 is 12.0 Å². The highest BCUT2D eigenvalue weighted by atomic mass is 16.5.